The Morgan fingerprint density at radius 2 is 1.70 bits per heavy atom. The number of anilines is 1. The summed E-state index contributed by atoms with van der Waals surface area (Å²) in [6.07, 6.45) is 7.81. The number of nitrogen functional groups attached to an aromatic ring is 1. The molecular formula is C33H37N7O3. The number of hydrogen-bond acceptors (Lipinski definition) is 7. The fraction of sp³-hybridized carbons (Fsp3) is 0.333. The fourth-order valence-corrected chi connectivity index (χ4v) is 5.72. The van der Waals surface area contributed by atoms with E-state index in [2.05, 4.69) is 20.7 Å². The lowest BCUT2D eigenvalue weighted by Crippen LogP contribution is -2.37. The van der Waals surface area contributed by atoms with Gasteiger partial charge in [-0.3, -0.25) is 4.68 Å². The number of amides is 1. The zero-order valence-corrected chi connectivity index (χ0v) is 25.0. The number of ether oxygens (including phenoxy) is 2. The molecule has 43 heavy (non-hydrogen) atoms. The minimum absolute atomic E-state index is 0.165. The Labute approximate surface area is 251 Å². The van der Waals surface area contributed by atoms with Crippen LogP contribution in [0.4, 0.5) is 10.6 Å². The second kappa shape index (κ2) is 11.4. The summed E-state index contributed by atoms with van der Waals surface area (Å²) in [6.45, 7) is 6.98. The van der Waals surface area contributed by atoms with Crippen LogP contribution in [-0.4, -0.2) is 54.0 Å². The van der Waals surface area contributed by atoms with Crippen LogP contribution in [0.2, 0.25) is 0 Å². The maximum atomic E-state index is 12.7. The van der Waals surface area contributed by atoms with Crippen molar-refractivity contribution in [2.24, 2.45) is 7.05 Å². The molecule has 1 aliphatic heterocycles. The van der Waals surface area contributed by atoms with E-state index in [1.54, 1.807) is 0 Å². The van der Waals surface area contributed by atoms with Gasteiger partial charge >= 0.3 is 6.09 Å². The molecule has 1 amide bonds. The average Bonchev–Trinajstić information content (AvgIpc) is 3.47. The van der Waals surface area contributed by atoms with E-state index in [1.165, 1.54) is 6.33 Å². The van der Waals surface area contributed by atoms with Gasteiger partial charge in [-0.05, 0) is 69.9 Å². The number of benzene rings is 2. The SMILES string of the molecule is Cn1c(-c2cnn(C3CCCN(C(=O)OC(C)(C)C)CC3)c2)c(-c2ccc(Oc3ccccc3)cc2)c2c(N)ncnc21. The molecule has 6 rings (SSSR count). The molecule has 1 fully saturated rings. The topological polar surface area (TPSA) is 113 Å². The third-order valence-corrected chi connectivity index (χ3v) is 7.72. The molecular weight excluding hydrogens is 542 g/mol. The molecule has 0 radical (unpaired) electrons. The van der Waals surface area contributed by atoms with E-state index >= 15 is 0 Å². The lowest BCUT2D eigenvalue weighted by molar-refractivity contribution is 0.0255. The molecule has 1 unspecified atom stereocenters. The zero-order valence-electron chi connectivity index (χ0n) is 25.0. The second-order valence-electron chi connectivity index (χ2n) is 11.9. The molecule has 4 heterocycles. The van der Waals surface area contributed by atoms with Crippen LogP contribution in [0.25, 0.3) is 33.4 Å². The van der Waals surface area contributed by atoms with Crippen molar-refractivity contribution in [1.29, 1.82) is 0 Å². The quantitative estimate of drug-likeness (QED) is 0.243. The van der Waals surface area contributed by atoms with E-state index in [0.29, 0.717) is 18.9 Å². The lowest BCUT2D eigenvalue weighted by atomic mass is 10.00. The first kappa shape index (κ1) is 28.3. The van der Waals surface area contributed by atoms with Gasteiger partial charge in [0.15, 0.2) is 0 Å². The van der Waals surface area contributed by atoms with Crippen LogP contribution >= 0.6 is 0 Å². The van der Waals surface area contributed by atoms with Crippen LogP contribution in [-0.2, 0) is 11.8 Å². The zero-order chi connectivity index (χ0) is 30.1. The van der Waals surface area contributed by atoms with E-state index in [4.69, 9.17) is 20.3 Å². The highest BCUT2D eigenvalue weighted by molar-refractivity contribution is 6.07. The maximum absolute atomic E-state index is 12.7. The Morgan fingerprint density at radius 3 is 2.44 bits per heavy atom. The van der Waals surface area contributed by atoms with E-state index in [9.17, 15) is 4.79 Å². The summed E-state index contributed by atoms with van der Waals surface area (Å²) in [6, 6.07) is 17.8. The van der Waals surface area contributed by atoms with Crippen molar-refractivity contribution in [3.63, 3.8) is 0 Å². The predicted molar refractivity (Wildman–Crippen MR) is 167 cm³/mol. The molecule has 0 aliphatic carbocycles. The lowest BCUT2D eigenvalue weighted by Gasteiger charge is -2.26. The number of aryl methyl sites for hydroxylation is 1. The first-order valence-electron chi connectivity index (χ1n) is 14.6. The summed E-state index contributed by atoms with van der Waals surface area (Å²) in [7, 11) is 1.99. The number of carbonyl (C=O) groups excluding carboxylic acids is 1. The molecule has 1 atom stereocenters. The van der Waals surface area contributed by atoms with Gasteiger partial charge in [0, 0.05) is 37.5 Å². The smallest absolute Gasteiger partial charge is 0.410 e. The highest BCUT2D eigenvalue weighted by Crippen LogP contribution is 2.42. The predicted octanol–water partition coefficient (Wildman–Crippen LogP) is 6.84. The van der Waals surface area contributed by atoms with Crippen molar-refractivity contribution in [3.05, 3.63) is 73.3 Å². The molecule has 1 aliphatic rings. The van der Waals surface area contributed by atoms with E-state index in [1.807, 2.05) is 98.2 Å². The molecule has 1 saturated heterocycles. The van der Waals surface area contributed by atoms with Crippen LogP contribution in [0.3, 0.4) is 0 Å². The minimum atomic E-state index is -0.515. The Balaban J connectivity index is 1.31. The number of aromatic nitrogens is 5. The minimum Gasteiger partial charge on any atom is -0.457 e. The highest BCUT2D eigenvalue weighted by Gasteiger charge is 2.27. The van der Waals surface area contributed by atoms with Gasteiger partial charge in [0.2, 0.25) is 0 Å². The molecule has 0 spiro atoms. The van der Waals surface area contributed by atoms with Crippen molar-refractivity contribution in [3.8, 4) is 33.9 Å². The monoisotopic (exact) mass is 579 g/mol. The van der Waals surface area contributed by atoms with Crippen molar-refractivity contribution in [2.45, 2.75) is 51.7 Å². The average molecular weight is 580 g/mol. The summed E-state index contributed by atoms with van der Waals surface area (Å²) in [5, 5.41) is 5.60. The summed E-state index contributed by atoms with van der Waals surface area (Å²) in [5.41, 5.74) is 10.5. The molecule has 10 heteroatoms. The number of nitrogens with two attached hydrogens (primary N) is 1. The number of hydrogen-bond donors (Lipinski definition) is 1. The Hall–Kier alpha value is -4.86. The number of nitrogens with zero attached hydrogens (tertiary/aromatic N) is 6. The Kier molecular flexibility index (Phi) is 7.52. The van der Waals surface area contributed by atoms with E-state index in [-0.39, 0.29) is 12.1 Å². The molecule has 2 N–H and O–H groups in total. The molecule has 222 valence electrons. The molecule has 2 aromatic carbocycles. The van der Waals surface area contributed by atoms with Gasteiger partial charge in [-0.1, -0.05) is 30.3 Å². The fourth-order valence-electron chi connectivity index (χ4n) is 5.72. The standard InChI is InChI=1S/C33H37N7O3/c1-33(2,3)43-32(41)39-17-8-9-24(16-18-39)40-20-23(19-37-40)29-27(28-30(34)35-21-36-31(28)38(29)4)22-12-14-26(15-13-22)42-25-10-6-5-7-11-25/h5-7,10-15,19-21,24H,8-9,16-18H2,1-4H3,(H2,34,35,36). The van der Waals surface area contributed by atoms with Crippen LogP contribution in [0, 0.1) is 0 Å². The van der Waals surface area contributed by atoms with Crippen LogP contribution < -0.4 is 10.5 Å². The second-order valence-corrected chi connectivity index (χ2v) is 11.9. The molecule has 10 nitrogen and oxygen atoms in total. The molecule has 0 saturated carbocycles. The molecule has 3 aromatic heterocycles. The normalized spacial score (nSPS) is 15.8. The summed E-state index contributed by atoms with van der Waals surface area (Å²) in [5.74, 6) is 1.94. The van der Waals surface area contributed by atoms with Gasteiger partial charge in [0.25, 0.3) is 0 Å². The third-order valence-electron chi connectivity index (χ3n) is 7.72. The largest absolute Gasteiger partial charge is 0.457 e. The van der Waals surface area contributed by atoms with E-state index < -0.39 is 5.60 Å². The van der Waals surface area contributed by atoms with E-state index in [0.717, 1.165) is 64.2 Å². The first-order valence-corrected chi connectivity index (χ1v) is 14.6. The number of likely N-dealkylation sites (tertiary alicyclic amines) is 1. The van der Waals surface area contributed by atoms with Gasteiger partial charge in [-0.25, -0.2) is 14.8 Å². The van der Waals surface area contributed by atoms with Gasteiger partial charge in [0.05, 0.1) is 23.3 Å². The number of fused-ring (bicyclic) bond motifs is 1. The van der Waals surface area contributed by atoms with Gasteiger partial charge < -0.3 is 24.7 Å². The molecule has 0 bridgehead atoms. The Bertz CT molecular complexity index is 1740. The Morgan fingerprint density at radius 1 is 0.953 bits per heavy atom. The van der Waals surface area contributed by atoms with Gasteiger partial charge in [-0.2, -0.15) is 5.10 Å². The summed E-state index contributed by atoms with van der Waals surface area (Å²) < 4.78 is 15.7. The van der Waals surface area contributed by atoms with Crippen molar-refractivity contribution < 1.29 is 14.3 Å². The first-order chi connectivity index (χ1) is 20.7. The summed E-state index contributed by atoms with van der Waals surface area (Å²) in [4.78, 5) is 23.4. The molecule has 5 aromatic rings. The van der Waals surface area contributed by atoms with Crippen LogP contribution in [0.15, 0.2) is 73.3 Å². The number of para-hydroxylation sites is 1. The highest BCUT2D eigenvalue weighted by atomic mass is 16.6. The van der Waals surface area contributed by atoms with Crippen molar-refractivity contribution in [1.82, 2.24) is 29.2 Å². The van der Waals surface area contributed by atoms with Crippen LogP contribution in [0.1, 0.15) is 46.1 Å². The van der Waals surface area contributed by atoms with Crippen molar-refractivity contribution in [2.75, 3.05) is 18.8 Å². The number of carbonyl (C=O) groups is 1. The summed E-state index contributed by atoms with van der Waals surface area (Å²) >= 11 is 0. The maximum Gasteiger partial charge on any atom is 0.410 e. The van der Waals surface area contributed by atoms with Gasteiger partial charge in [-0.15, -0.1) is 0 Å². The third kappa shape index (κ3) is 5.90. The van der Waals surface area contributed by atoms with Crippen LogP contribution in [0.5, 0.6) is 11.5 Å². The number of rotatable bonds is 5. The van der Waals surface area contributed by atoms with Crippen molar-refractivity contribution >= 4 is 22.9 Å². The van der Waals surface area contributed by atoms with Gasteiger partial charge in [0.1, 0.15) is 34.9 Å².